The highest BCUT2D eigenvalue weighted by Crippen LogP contribution is 2.40. The number of aromatic nitrogens is 3. The van der Waals surface area contributed by atoms with Crippen molar-refractivity contribution < 1.29 is 31.9 Å². The smallest absolute Gasteiger partial charge is 0.435 e. The first kappa shape index (κ1) is 36.2. The van der Waals surface area contributed by atoms with Gasteiger partial charge in [0.05, 0.1) is 35.5 Å². The van der Waals surface area contributed by atoms with Crippen molar-refractivity contribution in [2.75, 3.05) is 16.8 Å². The minimum absolute atomic E-state index is 0.0300. The van der Waals surface area contributed by atoms with Gasteiger partial charge < -0.3 is 15.8 Å². The molecule has 2 aromatic carbocycles. The number of benzene rings is 2. The summed E-state index contributed by atoms with van der Waals surface area (Å²) in [7, 11) is 0. The van der Waals surface area contributed by atoms with Crippen molar-refractivity contribution in [2.45, 2.75) is 70.0 Å². The molecule has 0 radical (unpaired) electrons. The van der Waals surface area contributed by atoms with Gasteiger partial charge in [-0.15, -0.1) is 0 Å². The lowest BCUT2D eigenvalue weighted by atomic mass is 9.80. The van der Waals surface area contributed by atoms with E-state index >= 15 is 4.39 Å². The Bertz CT molecular complexity index is 1810. The predicted octanol–water partition coefficient (Wildman–Crippen LogP) is 8.20. The molecule has 1 aliphatic carbocycles. The van der Waals surface area contributed by atoms with E-state index in [1.165, 1.54) is 36.4 Å². The lowest BCUT2D eigenvalue weighted by Gasteiger charge is -2.31. The summed E-state index contributed by atoms with van der Waals surface area (Å²) in [6, 6.07) is 13.7. The number of nitrogens with two attached hydrogens (primary N) is 1. The van der Waals surface area contributed by atoms with Crippen LogP contribution in [0, 0.1) is 17.1 Å². The van der Waals surface area contributed by atoms with E-state index in [0.717, 1.165) is 60.5 Å². The summed E-state index contributed by atoms with van der Waals surface area (Å²) in [4.78, 5) is 31.5. The van der Waals surface area contributed by atoms with Crippen LogP contribution in [0.2, 0.25) is 0 Å². The number of unbranched alkanes of at least 4 members (excludes halogenated alkanes) is 3. The van der Waals surface area contributed by atoms with Crippen molar-refractivity contribution in [3.05, 3.63) is 101 Å². The highest BCUT2D eigenvalue weighted by atomic mass is 19.4. The topological polar surface area (TPSA) is 139 Å². The highest BCUT2D eigenvalue weighted by molar-refractivity contribution is 6.05. The monoisotopic (exact) mass is 693 g/mol. The molecule has 1 unspecified atom stereocenters. The summed E-state index contributed by atoms with van der Waals surface area (Å²) in [5.41, 5.74) is 4.93. The number of hydrogen-bond acceptors (Lipinski definition) is 7. The van der Waals surface area contributed by atoms with E-state index in [9.17, 15) is 22.8 Å². The normalized spacial score (nSPS) is 14.1. The maximum atomic E-state index is 15.2. The molecule has 2 heterocycles. The molecule has 4 aromatic rings. The van der Waals surface area contributed by atoms with Gasteiger partial charge in [-0.05, 0) is 72.7 Å². The van der Waals surface area contributed by atoms with Crippen LogP contribution in [0.3, 0.4) is 0 Å². The van der Waals surface area contributed by atoms with Crippen molar-refractivity contribution in [3.63, 3.8) is 0 Å². The van der Waals surface area contributed by atoms with Crippen molar-refractivity contribution >= 4 is 29.7 Å². The molecule has 1 fully saturated rings. The third kappa shape index (κ3) is 8.54. The van der Waals surface area contributed by atoms with E-state index in [1.807, 2.05) is 13.0 Å². The van der Waals surface area contributed by atoms with Gasteiger partial charge >= 0.3 is 12.3 Å². The first-order chi connectivity index (χ1) is 23.9. The van der Waals surface area contributed by atoms with Crippen molar-refractivity contribution in [1.29, 1.82) is 5.41 Å². The van der Waals surface area contributed by atoms with Crippen molar-refractivity contribution in [3.8, 4) is 5.69 Å². The molecule has 2 aromatic heterocycles. The molecule has 50 heavy (non-hydrogen) atoms. The van der Waals surface area contributed by atoms with Crippen LogP contribution >= 0.6 is 0 Å². The molecule has 0 saturated heterocycles. The molecule has 1 atom stereocenters. The second-order valence-electron chi connectivity index (χ2n) is 12.4. The van der Waals surface area contributed by atoms with E-state index in [0.29, 0.717) is 36.0 Å². The third-order valence-electron chi connectivity index (χ3n) is 8.68. The number of rotatable bonds is 15. The first-order valence-corrected chi connectivity index (χ1v) is 16.5. The van der Waals surface area contributed by atoms with Crippen LogP contribution in [0.5, 0.6) is 0 Å². The number of ether oxygens (including phenoxy) is 1. The summed E-state index contributed by atoms with van der Waals surface area (Å²) in [6.45, 7) is 2.18. The van der Waals surface area contributed by atoms with Crippen LogP contribution in [0.25, 0.3) is 5.69 Å². The van der Waals surface area contributed by atoms with Gasteiger partial charge in [0.15, 0.2) is 5.69 Å². The Morgan fingerprint density at radius 2 is 1.88 bits per heavy atom. The molecule has 0 aliphatic heterocycles. The first-order valence-electron chi connectivity index (χ1n) is 16.5. The molecule has 10 nitrogen and oxygen atoms in total. The van der Waals surface area contributed by atoms with Gasteiger partial charge in [-0.2, -0.15) is 18.3 Å². The molecule has 1 saturated carbocycles. The Kier molecular flexibility index (Phi) is 11.3. The zero-order chi connectivity index (χ0) is 35.9. The Balaban J connectivity index is 1.45. The standard InChI is InChI=1S/C36H39F4N7O3/c1-2-3-4-5-18-50-34(49)46(23-41)27-9-6-10-28(20-27)47-31(21-32(45-47)36(38,39)40)33(48)44-30-19-25(13-14-29(30)37)35(42,16-15-24-11-12-24)26-8-7-17-43-22-26/h6-10,13-14,17,19-24,41H,2-5,11-12,15-16,18,42H2,1H3,(H,44,48). The van der Waals surface area contributed by atoms with Gasteiger partial charge in [0.25, 0.3) is 5.91 Å². The number of nitrogens with zero attached hydrogens (tertiary/aromatic N) is 4. The molecule has 0 spiro atoms. The van der Waals surface area contributed by atoms with Crippen LogP contribution in [-0.2, 0) is 16.5 Å². The van der Waals surface area contributed by atoms with Gasteiger partial charge in [0, 0.05) is 18.5 Å². The summed E-state index contributed by atoms with van der Waals surface area (Å²) >= 11 is 0. The fraction of sp³-hybridized carbons (Fsp3) is 0.361. The molecular formula is C36H39F4N7O3. The number of anilines is 2. The average molecular weight is 694 g/mol. The number of alkyl halides is 3. The highest BCUT2D eigenvalue weighted by Gasteiger charge is 2.37. The number of halogens is 4. The Morgan fingerprint density at radius 1 is 1.08 bits per heavy atom. The maximum Gasteiger partial charge on any atom is 0.435 e. The molecule has 264 valence electrons. The van der Waals surface area contributed by atoms with Crippen LogP contribution in [0.4, 0.5) is 33.7 Å². The maximum absolute atomic E-state index is 15.2. The number of carbonyl (C=O) groups excluding carboxylic acids is 2. The van der Waals surface area contributed by atoms with Crippen LogP contribution in [0.1, 0.15) is 85.6 Å². The number of pyridine rings is 1. The van der Waals surface area contributed by atoms with Gasteiger partial charge in [-0.1, -0.05) is 57.2 Å². The summed E-state index contributed by atoms with van der Waals surface area (Å²) in [6.07, 6.45) is 5.23. The number of hydrogen-bond donors (Lipinski definition) is 3. The molecule has 5 rings (SSSR count). The lowest BCUT2D eigenvalue weighted by molar-refractivity contribution is -0.141. The quantitative estimate of drug-likeness (QED) is 0.0497. The van der Waals surface area contributed by atoms with Gasteiger partial charge in [0.1, 0.15) is 11.5 Å². The molecule has 14 heteroatoms. The van der Waals surface area contributed by atoms with E-state index in [-0.39, 0.29) is 23.7 Å². The van der Waals surface area contributed by atoms with Gasteiger partial charge in [-0.3, -0.25) is 15.2 Å². The third-order valence-corrected chi connectivity index (χ3v) is 8.68. The molecule has 4 N–H and O–H groups in total. The minimum atomic E-state index is -4.92. The Labute approximate surface area is 287 Å². The van der Waals surface area contributed by atoms with Gasteiger partial charge in [-0.25, -0.2) is 18.8 Å². The molecule has 2 amide bonds. The number of nitrogens with one attached hydrogen (secondary N) is 2. The van der Waals surface area contributed by atoms with E-state index < -0.39 is 40.9 Å². The zero-order valence-electron chi connectivity index (χ0n) is 27.5. The van der Waals surface area contributed by atoms with Crippen LogP contribution in [-0.4, -0.2) is 39.7 Å². The van der Waals surface area contributed by atoms with E-state index in [2.05, 4.69) is 15.4 Å². The summed E-state index contributed by atoms with van der Waals surface area (Å²) in [5, 5.41) is 13.8. The second-order valence-corrected chi connectivity index (χ2v) is 12.4. The van der Waals surface area contributed by atoms with E-state index in [4.69, 9.17) is 15.9 Å². The Morgan fingerprint density at radius 3 is 2.56 bits per heavy atom. The zero-order valence-corrected chi connectivity index (χ0v) is 27.5. The summed E-state index contributed by atoms with van der Waals surface area (Å²) in [5.74, 6) is -1.35. The molecular weight excluding hydrogens is 654 g/mol. The molecule has 1 aliphatic rings. The van der Waals surface area contributed by atoms with Crippen LogP contribution < -0.4 is 16.0 Å². The SMILES string of the molecule is CCCCCCOC(=O)N(C=N)c1cccc(-n2nc(C(F)(F)F)cc2C(=O)Nc2cc(C(N)(CCC3CC3)c3cccnc3)ccc2F)c1. The van der Waals surface area contributed by atoms with Crippen LogP contribution in [0.15, 0.2) is 73.1 Å². The van der Waals surface area contributed by atoms with Crippen molar-refractivity contribution in [2.24, 2.45) is 11.7 Å². The van der Waals surface area contributed by atoms with E-state index in [1.54, 1.807) is 18.5 Å². The number of amides is 2. The second kappa shape index (κ2) is 15.6. The average Bonchev–Trinajstić information content (AvgIpc) is 3.82. The lowest BCUT2D eigenvalue weighted by Crippen LogP contribution is -2.38. The Hall–Kier alpha value is -5.11. The predicted molar refractivity (Wildman–Crippen MR) is 181 cm³/mol. The fourth-order valence-electron chi connectivity index (χ4n) is 5.65. The molecule has 0 bridgehead atoms. The fourth-order valence-corrected chi connectivity index (χ4v) is 5.65. The summed E-state index contributed by atoms with van der Waals surface area (Å²) < 4.78 is 63.0. The number of carbonyl (C=O) groups is 2. The van der Waals surface area contributed by atoms with Crippen molar-refractivity contribution in [1.82, 2.24) is 14.8 Å². The van der Waals surface area contributed by atoms with Gasteiger partial charge in [0.2, 0.25) is 0 Å². The minimum Gasteiger partial charge on any atom is -0.449 e. The largest absolute Gasteiger partial charge is 0.449 e.